The van der Waals surface area contributed by atoms with Crippen molar-refractivity contribution < 1.29 is 36.3 Å². The van der Waals surface area contributed by atoms with Gasteiger partial charge in [0.05, 0.1) is 36.8 Å². The Hall–Kier alpha value is -2.56. The Morgan fingerprint density at radius 1 is 1.14 bits per heavy atom. The van der Waals surface area contributed by atoms with Gasteiger partial charge in [0.25, 0.3) is 0 Å². The van der Waals surface area contributed by atoms with E-state index in [0.29, 0.717) is 36.2 Å². The first kappa shape index (κ1) is 30.9. The topological polar surface area (TPSA) is 134 Å². The molecule has 4 heterocycles. The number of nitrogens with zero attached hydrogens (tertiary/aromatic N) is 5. The van der Waals surface area contributed by atoms with Gasteiger partial charge in [-0.15, -0.1) is 0 Å². The number of rotatable bonds is 9. The number of aliphatic hydroxyl groups excluding tert-OH is 1. The van der Waals surface area contributed by atoms with E-state index in [0.717, 1.165) is 56.9 Å². The van der Waals surface area contributed by atoms with Gasteiger partial charge in [-0.25, -0.2) is 14.3 Å². The molecule has 11 nitrogen and oxygen atoms in total. The summed E-state index contributed by atoms with van der Waals surface area (Å²) >= 11 is 0. The molecule has 3 N–H and O–H groups in total. The lowest BCUT2D eigenvalue weighted by Gasteiger charge is -2.37. The zero-order valence-corrected chi connectivity index (χ0v) is 24.3. The summed E-state index contributed by atoms with van der Waals surface area (Å²) in [5.41, 5.74) is 1.01. The monoisotopic (exact) mass is 614 g/mol. The minimum Gasteiger partial charge on any atom is -0.390 e. The first-order valence-corrected chi connectivity index (χ1v) is 16.0. The van der Waals surface area contributed by atoms with Crippen LogP contribution in [0.5, 0.6) is 0 Å². The number of aromatic nitrogens is 2. The molecule has 0 aliphatic carbocycles. The molecule has 1 unspecified atom stereocenters. The van der Waals surface area contributed by atoms with Crippen LogP contribution in [0.15, 0.2) is 18.2 Å². The molecule has 0 bridgehead atoms. The average molecular weight is 615 g/mol. The van der Waals surface area contributed by atoms with Crippen LogP contribution in [-0.4, -0.2) is 94.4 Å². The second-order valence-electron chi connectivity index (χ2n) is 11.4. The molecule has 3 aliphatic heterocycles. The molecule has 1 amide bonds. The Morgan fingerprint density at radius 2 is 1.88 bits per heavy atom. The molecule has 0 radical (unpaired) electrons. The van der Waals surface area contributed by atoms with Gasteiger partial charge in [0.15, 0.2) is 0 Å². The Morgan fingerprint density at radius 3 is 2.50 bits per heavy atom. The standard InChI is InChI=1S/C27H37F3N6O5S/c1-42(39,40)34-12-8-24-22(16-34)26(18-4-5-23(27(28,29)30)19(13-18)17-41-31)32-36(24)15-21(37)14-33-10-6-20(7-11-33)35-9-2-3-25(35)38/h4-5,13,20-21,37H,2-3,6-12,14-17,31H2,1H3. The highest BCUT2D eigenvalue weighted by Crippen LogP contribution is 2.37. The van der Waals surface area contributed by atoms with Crippen LogP contribution in [0.3, 0.4) is 0 Å². The lowest BCUT2D eigenvalue weighted by atomic mass is 9.98. The smallest absolute Gasteiger partial charge is 0.390 e. The molecule has 2 aromatic rings. The van der Waals surface area contributed by atoms with E-state index in [2.05, 4.69) is 9.74 Å². The summed E-state index contributed by atoms with van der Waals surface area (Å²) in [4.78, 5) is 20.8. The highest BCUT2D eigenvalue weighted by atomic mass is 32.2. The van der Waals surface area contributed by atoms with Crippen molar-refractivity contribution in [1.29, 1.82) is 0 Å². The number of carbonyl (C=O) groups is 1. The normalized spacial score (nSPS) is 20.3. The number of hydrogen-bond acceptors (Lipinski definition) is 8. The van der Waals surface area contributed by atoms with Gasteiger partial charge in [0.2, 0.25) is 15.9 Å². The molecular weight excluding hydrogens is 577 g/mol. The molecule has 2 fully saturated rings. The van der Waals surface area contributed by atoms with Crippen LogP contribution in [0.25, 0.3) is 11.3 Å². The van der Waals surface area contributed by atoms with Crippen LogP contribution >= 0.6 is 0 Å². The van der Waals surface area contributed by atoms with Crippen LogP contribution in [0.1, 0.15) is 48.1 Å². The van der Waals surface area contributed by atoms with E-state index >= 15 is 0 Å². The van der Waals surface area contributed by atoms with Gasteiger partial charge < -0.3 is 14.9 Å². The predicted molar refractivity (Wildman–Crippen MR) is 147 cm³/mol. The molecular formula is C27H37F3N6O5S. The molecule has 42 heavy (non-hydrogen) atoms. The van der Waals surface area contributed by atoms with Gasteiger partial charge in [-0.1, -0.05) is 6.07 Å². The summed E-state index contributed by atoms with van der Waals surface area (Å²) in [5, 5.41) is 15.7. The number of amides is 1. The van der Waals surface area contributed by atoms with Crippen molar-refractivity contribution in [1.82, 2.24) is 23.9 Å². The van der Waals surface area contributed by atoms with Gasteiger partial charge in [0, 0.05) is 75.0 Å². The third-order valence-corrected chi connectivity index (χ3v) is 9.70. The number of β-amino-alcohol motifs (C(OH)–C–C–N with tert-alkyl or cyclic N) is 1. The molecule has 1 aromatic carbocycles. The van der Waals surface area contributed by atoms with E-state index < -0.39 is 34.5 Å². The zero-order chi connectivity index (χ0) is 30.2. The average Bonchev–Trinajstić information content (AvgIpc) is 3.51. The molecule has 0 saturated carbocycles. The van der Waals surface area contributed by atoms with Gasteiger partial charge in [-0.2, -0.15) is 22.6 Å². The number of piperidine rings is 1. The van der Waals surface area contributed by atoms with E-state index in [9.17, 15) is 31.5 Å². The van der Waals surface area contributed by atoms with Crippen molar-refractivity contribution in [2.45, 2.75) is 70.1 Å². The van der Waals surface area contributed by atoms with Crippen molar-refractivity contribution in [2.75, 3.05) is 39.0 Å². The minimum atomic E-state index is -4.61. The Bertz CT molecular complexity index is 1410. The first-order valence-electron chi connectivity index (χ1n) is 14.1. The minimum absolute atomic E-state index is 0.0199. The number of carbonyl (C=O) groups excluding carboxylic acids is 1. The van der Waals surface area contributed by atoms with E-state index in [4.69, 9.17) is 11.0 Å². The highest BCUT2D eigenvalue weighted by Gasteiger charge is 2.35. The Labute approximate surface area is 243 Å². The number of alkyl halides is 3. The second kappa shape index (κ2) is 12.2. The van der Waals surface area contributed by atoms with Crippen LogP contribution in [0.2, 0.25) is 0 Å². The number of hydrogen-bond donors (Lipinski definition) is 2. The number of nitrogens with two attached hydrogens (primary N) is 1. The van der Waals surface area contributed by atoms with Crippen molar-refractivity contribution in [3.05, 3.63) is 40.6 Å². The first-order chi connectivity index (χ1) is 19.8. The molecule has 232 valence electrons. The van der Waals surface area contributed by atoms with Gasteiger partial charge in [-0.05, 0) is 37.0 Å². The second-order valence-corrected chi connectivity index (χ2v) is 13.3. The molecule has 2 saturated heterocycles. The summed E-state index contributed by atoms with van der Waals surface area (Å²) in [6, 6.07) is 3.81. The Balaban J connectivity index is 1.36. The highest BCUT2D eigenvalue weighted by molar-refractivity contribution is 7.88. The fourth-order valence-electron chi connectivity index (χ4n) is 6.38. The summed E-state index contributed by atoms with van der Waals surface area (Å²) in [7, 11) is -3.53. The fraction of sp³-hybridized carbons (Fsp3) is 0.630. The van der Waals surface area contributed by atoms with E-state index in [1.54, 1.807) is 4.68 Å². The molecule has 0 spiro atoms. The summed E-state index contributed by atoms with van der Waals surface area (Å²) in [6.07, 6.45) is -0.709. The SMILES string of the molecule is CS(=O)(=O)N1CCc2c(c(-c3ccc(C(F)(F)F)c(CON)c3)nn2CC(O)CN2CCC(N3CCCC3=O)CC2)C1. The van der Waals surface area contributed by atoms with E-state index in [1.807, 2.05) is 4.90 Å². The number of sulfonamides is 1. The third-order valence-electron chi connectivity index (χ3n) is 8.45. The van der Waals surface area contributed by atoms with Crippen LogP contribution in [0, 0.1) is 0 Å². The van der Waals surface area contributed by atoms with Crippen LogP contribution in [0.4, 0.5) is 13.2 Å². The number of halogens is 3. The van der Waals surface area contributed by atoms with Gasteiger partial charge in [0.1, 0.15) is 0 Å². The maximum absolute atomic E-state index is 13.6. The lowest BCUT2D eigenvalue weighted by molar-refractivity contribution is -0.139. The lowest BCUT2D eigenvalue weighted by Crippen LogP contribution is -2.47. The summed E-state index contributed by atoms with van der Waals surface area (Å²) in [5.74, 6) is 5.33. The van der Waals surface area contributed by atoms with E-state index in [-0.39, 0.29) is 37.1 Å². The number of aliphatic hydroxyl groups is 1. The van der Waals surface area contributed by atoms with Crippen LogP contribution in [-0.2, 0) is 51.9 Å². The molecule has 5 rings (SSSR count). The van der Waals surface area contributed by atoms with Crippen molar-refractivity contribution in [3.63, 3.8) is 0 Å². The number of likely N-dealkylation sites (tertiary alicyclic amines) is 2. The molecule has 15 heteroatoms. The van der Waals surface area contributed by atoms with Gasteiger partial charge >= 0.3 is 6.18 Å². The largest absolute Gasteiger partial charge is 0.416 e. The molecule has 1 aromatic heterocycles. The summed E-state index contributed by atoms with van der Waals surface area (Å²) < 4.78 is 68.4. The number of fused-ring (bicyclic) bond motifs is 1. The fourth-order valence-corrected chi connectivity index (χ4v) is 7.17. The Kier molecular flexibility index (Phi) is 8.98. The van der Waals surface area contributed by atoms with Crippen LogP contribution < -0.4 is 5.90 Å². The maximum atomic E-state index is 13.6. The van der Waals surface area contributed by atoms with Gasteiger partial charge in [-0.3, -0.25) is 14.3 Å². The quantitative estimate of drug-likeness (QED) is 0.408. The van der Waals surface area contributed by atoms with E-state index in [1.165, 1.54) is 16.4 Å². The third kappa shape index (κ3) is 6.65. The zero-order valence-electron chi connectivity index (χ0n) is 23.5. The summed E-state index contributed by atoms with van der Waals surface area (Å²) in [6.45, 7) is 2.66. The predicted octanol–water partition coefficient (Wildman–Crippen LogP) is 1.72. The van der Waals surface area contributed by atoms with Crippen molar-refractivity contribution in [2.24, 2.45) is 5.90 Å². The van der Waals surface area contributed by atoms with Crippen molar-refractivity contribution >= 4 is 15.9 Å². The maximum Gasteiger partial charge on any atom is 0.416 e. The number of benzene rings is 1. The van der Waals surface area contributed by atoms with Crippen molar-refractivity contribution in [3.8, 4) is 11.3 Å². The molecule has 3 aliphatic rings. The molecule has 1 atom stereocenters.